The van der Waals surface area contributed by atoms with Crippen molar-refractivity contribution in [3.8, 4) is 0 Å². The van der Waals surface area contributed by atoms with Gasteiger partial charge in [-0.3, -0.25) is 0 Å². The van der Waals surface area contributed by atoms with Gasteiger partial charge in [0.05, 0.1) is 0 Å². The second-order valence-electron chi connectivity index (χ2n) is 6.44. The van der Waals surface area contributed by atoms with Crippen LogP contribution in [-0.4, -0.2) is 4.73 Å². The third-order valence-electron chi connectivity index (χ3n) is 3.94. The van der Waals surface area contributed by atoms with Gasteiger partial charge in [-0.25, -0.2) is 4.57 Å². The number of imidazole rings is 1. The van der Waals surface area contributed by atoms with Gasteiger partial charge in [0.2, 0.25) is 0 Å². The van der Waals surface area contributed by atoms with Gasteiger partial charge in [-0.05, 0) is 15.9 Å². The first-order valence-corrected chi connectivity index (χ1v) is 10.6. The summed E-state index contributed by atoms with van der Waals surface area (Å²) >= 11 is 0. The van der Waals surface area contributed by atoms with Crippen LogP contribution in [0.25, 0.3) is 0 Å². The Kier molecular flexibility index (Phi) is 6.04. The fourth-order valence-electron chi connectivity index (χ4n) is 2.46. The molecule has 0 aliphatic rings. The Hall–Kier alpha value is -2.54. The van der Waals surface area contributed by atoms with Crippen molar-refractivity contribution in [2.75, 3.05) is 0 Å². The van der Waals surface area contributed by atoms with E-state index in [0.717, 1.165) is 12.2 Å². The second kappa shape index (κ2) is 7.71. The molecule has 0 N–H and O–H groups in total. The summed E-state index contributed by atoms with van der Waals surface area (Å²) in [6.45, 7) is 5.64. The first-order chi connectivity index (χ1) is 13.2. The summed E-state index contributed by atoms with van der Waals surface area (Å²) < 4.78 is 63.3. The molecule has 0 aliphatic heterocycles. The zero-order valence-corrected chi connectivity index (χ0v) is 16.7. The van der Waals surface area contributed by atoms with E-state index in [0.29, 0.717) is 6.61 Å². The molecule has 3 nitrogen and oxygen atoms in total. The van der Waals surface area contributed by atoms with Crippen LogP contribution in [0.1, 0.15) is 22.5 Å². The van der Waals surface area contributed by atoms with Crippen molar-refractivity contribution < 1.29 is 34.6 Å². The Morgan fingerprint density at radius 3 is 1.72 bits per heavy atom. The predicted octanol–water partition coefficient (Wildman–Crippen LogP) is 6.45. The van der Waals surface area contributed by atoms with Crippen molar-refractivity contribution in [1.82, 2.24) is 4.73 Å². The molecule has 10 heteroatoms. The van der Waals surface area contributed by atoms with Gasteiger partial charge in [0.25, 0.3) is 6.33 Å². The van der Waals surface area contributed by atoms with Gasteiger partial charge in [0.1, 0.15) is 12.2 Å². The summed E-state index contributed by atoms with van der Waals surface area (Å²) in [6, 6.07) is 20.7. The van der Waals surface area contributed by atoms with Crippen molar-refractivity contribution in [3.63, 3.8) is 0 Å². The number of aromatic nitrogens is 2. The number of halogens is 6. The summed E-state index contributed by atoms with van der Waals surface area (Å²) in [4.78, 5) is 5.92. The quantitative estimate of drug-likeness (QED) is 0.254. The normalized spacial score (nSPS) is 13.7. The Morgan fingerprint density at radius 1 is 0.793 bits per heavy atom. The van der Waals surface area contributed by atoms with Crippen LogP contribution in [0, 0.1) is 13.8 Å². The molecule has 1 aromatic heterocycles. The van der Waals surface area contributed by atoms with Crippen molar-refractivity contribution in [1.29, 1.82) is 0 Å². The van der Waals surface area contributed by atoms with E-state index in [1.165, 1.54) is 16.8 Å². The Morgan fingerprint density at radius 2 is 1.24 bits per heavy atom. The molecule has 1 heterocycles. The molecule has 0 aliphatic carbocycles. The molecule has 0 unspecified atom stereocenters. The van der Waals surface area contributed by atoms with Crippen molar-refractivity contribution >= 4 is 7.81 Å². The van der Waals surface area contributed by atoms with Crippen LogP contribution in [0.5, 0.6) is 0 Å². The average Bonchev–Trinajstić information content (AvgIpc) is 2.87. The van der Waals surface area contributed by atoms with E-state index in [1.54, 1.807) is 0 Å². The van der Waals surface area contributed by atoms with Gasteiger partial charge < -0.3 is 4.84 Å². The van der Waals surface area contributed by atoms with Crippen LogP contribution < -0.4 is 9.40 Å². The summed E-state index contributed by atoms with van der Waals surface area (Å²) in [5, 5.41) is 0. The standard InChI is InChI=1S/C19H21N2O.F6P/c1-16-17(2)21(22-14-19-11-7-4-8-12-19)15-20(16)13-18-9-5-3-6-10-18;1-7(2,3,4,5)6/h3-12,15H,13-14H2,1-2H3;/q+1;-1. The summed E-state index contributed by atoms with van der Waals surface area (Å²) in [6.07, 6.45) is 2.03. The number of hydrogen-bond donors (Lipinski definition) is 0. The Balaban J connectivity index is 0.000000370. The monoisotopic (exact) mass is 438 g/mol. The third kappa shape index (κ3) is 9.47. The summed E-state index contributed by atoms with van der Waals surface area (Å²) in [7, 11) is -10.7. The minimum absolute atomic E-state index is 0.571. The van der Waals surface area contributed by atoms with Gasteiger partial charge >= 0.3 is 33.0 Å². The van der Waals surface area contributed by atoms with Crippen LogP contribution in [0.15, 0.2) is 67.0 Å². The van der Waals surface area contributed by atoms with E-state index >= 15 is 0 Å². The molecule has 3 aromatic rings. The SMILES string of the molecule is Cc1c(C)[n+](Cc2ccccc2)cn1OCc1ccccc1.F[P-](F)(F)(F)(F)F. The Bertz CT molecular complexity index is 931. The molecule has 0 bridgehead atoms. The number of benzene rings is 2. The van der Waals surface area contributed by atoms with E-state index < -0.39 is 7.81 Å². The third-order valence-corrected chi connectivity index (χ3v) is 3.94. The van der Waals surface area contributed by atoms with Crippen molar-refractivity contribution in [3.05, 3.63) is 89.5 Å². The van der Waals surface area contributed by atoms with E-state index in [2.05, 4.69) is 54.8 Å². The second-order valence-corrected chi connectivity index (χ2v) is 8.36. The molecule has 0 radical (unpaired) electrons. The topological polar surface area (TPSA) is 18.0 Å². The van der Waals surface area contributed by atoms with Crippen molar-refractivity contribution in [2.45, 2.75) is 27.0 Å². The number of hydrogen-bond acceptors (Lipinski definition) is 1. The minimum atomic E-state index is -10.7. The molecule has 0 saturated heterocycles. The van der Waals surface area contributed by atoms with Crippen LogP contribution in [0.3, 0.4) is 0 Å². The van der Waals surface area contributed by atoms with Crippen LogP contribution >= 0.6 is 7.81 Å². The van der Waals surface area contributed by atoms with E-state index in [1.807, 2.05) is 35.3 Å². The van der Waals surface area contributed by atoms with Crippen LogP contribution in [-0.2, 0) is 13.2 Å². The molecule has 3 rings (SSSR count). The molecule has 0 saturated carbocycles. The van der Waals surface area contributed by atoms with E-state index in [-0.39, 0.29) is 0 Å². The number of nitrogens with zero attached hydrogens (tertiary/aromatic N) is 2. The van der Waals surface area contributed by atoms with E-state index in [9.17, 15) is 25.2 Å². The zero-order chi connectivity index (χ0) is 21.8. The van der Waals surface area contributed by atoms with E-state index in [4.69, 9.17) is 4.84 Å². The van der Waals surface area contributed by atoms with Gasteiger partial charge in [-0.2, -0.15) is 0 Å². The first-order valence-electron chi connectivity index (χ1n) is 8.54. The molecule has 0 fully saturated rings. The Labute approximate surface area is 164 Å². The zero-order valence-electron chi connectivity index (χ0n) is 15.8. The van der Waals surface area contributed by atoms with Gasteiger partial charge in [-0.15, -0.1) is 0 Å². The first kappa shape index (κ1) is 22.7. The number of rotatable bonds is 5. The molecule has 0 amide bonds. The molecular formula is C19H21F6N2OP. The van der Waals surface area contributed by atoms with Gasteiger partial charge in [-0.1, -0.05) is 60.7 Å². The van der Waals surface area contributed by atoms with Crippen molar-refractivity contribution in [2.24, 2.45) is 0 Å². The molecule has 0 spiro atoms. The van der Waals surface area contributed by atoms with Gasteiger partial charge in [0, 0.05) is 13.8 Å². The molecule has 29 heavy (non-hydrogen) atoms. The van der Waals surface area contributed by atoms with Crippen LogP contribution in [0.4, 0.5) is 25.2 Å². The summed E-state index contributed by atoms with van der Waals surface area (Å²) in [5.74, 6) is 0. The maximum atomic E-state index is 9.87. The van der Waals surface area contributed by atoms with Gasteiger partial charge in [0.15, 0.2) is 12.3 Å². The fourth-order valence-corrected chi connectivity index (χ4v) is 2.46. The average molecular weight is 438 g/mol. The molecular weight excluding hydrogens is 417 g/mol. The fraction of sp³-hybridized carbons (Fsp3) is 0.211. The maximum absolute atomic E-state index is 10.7. The molecule has 2 aromatic carbocycles. The van der Waals surface area contributed by atoms with Crippen LogP contribution in [0.2, 0.25) is 0 Å². The summed E-state index contributed by atoms with van der Waals surface area (Å²) in [5.41, 5.74) is 4.81. The predicted molar refractivity (Wildman–Crippen MR) is 99.9 cm³/mol. The molecule has 160 valence electrons. The molecule has 0 atom stereocenters.